The molecule has 1 aliphatic carbocycles. The number of carbonyl (C=O) groups excluding carboxylic acids is 2. The summed E-state index contributed by atoms with van der Waals surface area (Å²) in [5, 5.41) is 2.70. The van der Waals surface area contributed by atoms with Crippen LogP contribution in [0.2, 0.25) is 0 Å². The van der Waals surface area contributed by atoms with E-state index in [0.29, 0.717) is 29.7 Å². The summed E-state index contributed by atoms with van der Waals surface area (Å²) in [5.74, 6) is -0.668. The molecular weight excluding hydrogens is 496 g/mol. The van der Waals surface area contributed by atoms with Crippen molar-refractivity contribution in [1.29, 1.82) is 0 Å². The van der Waals surface area contributed by atoms with E-state index in [9.17, 15) is 18.0 Å². The fourth-order valence-electron chi connectivity index (χ4n) is 5.06. The molecule has 2 aromatic rings. The van der Waals surface area contributed by atoms with Gasteiger partial charge in [0, 0.05) is 18.2 Å². The predicted molar refractivity (Wildman–Crippen MR) is 141 cm³/mol. The molecule has 3 rings (SSSR count). The van der Waals surface area contributed by atoms with Crippen LogP contribution in [-0.2, 0) is 19.6 Å². The van der Waals surface area contributed by atoms with Crippen molar-refractivity contribution in [2.24, 2.45) is 0 Å². The lowest BCUT2D eigenvalue weighted by Gasteiger charge is -2.34. The van der Waals surface area contributed by atoms with E-state index in [2.05, 4.69) is 5.32 Å². The molecule has 0 radical (unpaired) electrons. The Kier molecular flexibility index (Phi) is 9.20. The lowest BCUT2D eigenvalue weighted by Crippen LogP contribution is -2.46. The van der Waals surface area contributed by atoms with Crippen LogP contribution < -0.4 is 14.8 Å². The van der Waals surface area contributed by atoms with Gasteiger partial charge in [0.2, 0.25) is 15.9 Å². The second-order valence-corrected chi connectivity index (χ2v) is 11.2. The van der Waals surface area contributed by atoms with Gasteiger partial charge < -0.3 is 19.5 Å². The number of carbonyl (C=O) groups is 2. The summed E-state index contributed by atoms with van der Waals surface area (Å²) < 4.78 is 44.8. The molecule has 0 unspecified atom stereocenters. The molecule has 0 spiro atoms. The van der Waals surface area contributed by atoms with Gasteiger partial charge in [-0.05, 0) is 44.7 Å². The Morgan fingerprint density at radius 2 is 1.49 bits per heavy atom. The number of ether oxygens (including phenoxy) is 3. The Bertz CT molecular complexity index is 1240. The van der Waals surface area contributed by atoms with E-state index in [1.807, 2.05) is 19.1 Å². The summed E-state index contributed by atoms with van der Waals surface area (Å²) in [4.78, 5) is 26.0. The maximum atomic E-state index is 14.0. The van der Waals surface area contributed by atoms with Gasteiger partial charge in [-0.1, -0.05) is 37.0 Å². The van der Waals surface area contributed by atoms with Crippen molar-refractivity contribution in [3.63, 3.8) is 0 Å². The molecule has 0 atom stereocenters. The number of sulfonamides is 1. The number of amides is 1. The molecule has 0 aliphatic heterocycles. The first-order chi connectivity index (χ1) is 17.5. The average Bonchev–Trinajstić information content (AvgIpc) is 2.86. The van der Waals surface area contributed by atoms with E-state index in [4.69, 9.17) is 14.2 Å². The van der Waals surface area contributed by atoms with Crippen molar-refractivity contribution >= 4 is 27.6 Å². The van der Waals surface area contributed by atoms with Crippen LogP contribution in [0, 0.1) is 20.8 Å². The number of anilines is 1. The normalized spacial score (nSPS) is 14.4. The van der Waals surface area contributed by atoms with E-state index in [0.717, 1.165) is 24.8 Å². The third kappa shape index (κ3) is 6.24. The molecule has 0 heterocycles. The summed E-state index contributed by atoms with van der Waals surface area (Å²) in [5.41, 5.74) is 2.46. The first kappa shape index (κ1) is 28.5. The van der Waals surface area contributed by atoms with E-state index >= 15 is 0 Å². The number of aryl methyl sites for hydroxylation is 3. The van der Waals surface area contributed by atoms with Gasteiger partial charge in [-0.2, -0.15) is 4.31 Å². The highest BCUT2D eigenvalue weighted by atomic mass is 32.2. The molecular formula is C27H36N2O7S. The van der Waals surface area contributed by atoms with Crippen LogP contribution in [0.15, 0.2) is 29.2 Å². The zero-order valence-corrected chi connectivity index (χ0v) is 23.2. The Morgan fingerprint density at radius 3 is 2.03 bits per heavy atom. The molecule has 202 valence electrons. The van der Waals surface area contributed by atoms with E-state index in [1.54, 1.807) is 13.8 Å². The summed E-state index contributed by atoms with van der Waals surface area (Å²) in [6.07, 6.45) is 4.19. The highest BCUT2D eigenvalue weighted by Crippen LogP contribution is 2.35. The van der Waals surface area contributed by atoms with Crippen LogP contribution in [0.4, 0.5) is 5.69 Å². The lowest BCUT2D eigenvalue weighted by molar-refractivity contribution is -0.116. The maximum Gasteiger partial charge on any atom is 0.340 e. The minimum absolute atomic E-state index is 0.0609. The number of nitrogens with one attached hydrogen (secondary N) is 1. The number of hydrogen-bond donors (Lipinski definition) is 1. The Morgan fingerprint density at radius 1 is 0.919 bits per heavy atom. The first-order valence-electron chi connectivity index (χ1n) is 12.3. The third-order valence-corrected chi connectivity index (χ3v) is 8.86. The SMILES string of the molecule is COC(=O)c1cc(OC)c(OC)cc1NC(=O)CN(C1CCCCC1)S(=O)(=O)c1c(C)cc(C)cc1C. The quantitative estimate of drug-likeness (QED) is 0.477. The fourth-order valence-corrected chi connectivity index (χ4v) is 7.12. The fraction of sp³-hybridized carbons (Fsp3) is 0.481. The van der Waals surface area contributed by atoms with Gasteiger partial charge in [-0.3, -0.25) is 4.79 Å². The molecule has 1 amide bonds. The number of nitrogens with zero attached hydrogens (tertiary/aromatic N) is 1. The second-order valence-electron chi connectivity index (χ2n) is 9.36. The van der Waals surface area contributed by atoms with Crippen molar-refractivity contribution in [1.82, 2.24) is 4.31 Å². The summed E-state index contributed by atoms with van der Waals surface area (Å²) in [6, 6.07) is 6.25. The molecule has 9 nitrogen and oxygen atoms in total. The zero-order chi connectivity index (χ0) is 27.3. The Labute approximate surface area is 219 Å². The van der Waals surface area contributed by atoms with Gasteiger partial charge in [-0.25, -0.2) is 13.2 Å². The molecule has 1 aliphatic rings. The number of benzene rings is 2. The number of rotatable bonds is 9. The maximum absolute atomic E-state index is 14.0. The van der Waals surface area contributed by atoms with Gasteiger partial charge in [-0.15, -0.1) is 0 Å². The zero-order valence-electron chi connectivity index (χ0n) is 22.3. The topological polar surface area (TPSA) is 111 Å². The van der Waals surface area contributed by atoms with Crippen molar-refractivity contribution in [3.05, 3.63) is 46.5 Å². The lowest BCUT2D eigenvalue weighted by atomic mass is 9.95. The van der Waals surface area contributed by atoms with Crippen molar-refractivity contribution in [3.8, 4) is 11.5 Å². The van der Waals surface area contributed by atoms with Crippen LogP contribution >= 0.6 is 0 Å². The van der Waals surface area contributed by atoms with Crippen LogP contribution in [-0.4, -0.2) is 58.5 Å². The van der Waals surface area contributed by atoms with Crippen LogP contribution in [0.5, 0.6) is 11.5 Å². The minimum atomic E-state index is -3.98. The van der Waals surface area contributed by atoms with E-state index in [1.165, 1.54) is 37.8 Å². The highest BCUT2D eigenvalue weighted by Gasteiger charge is 2.36. The smallest absolute Gasteiger partial charge is 0.340 e. The van der Waals surface area contributed by atoms with Crippen LogP contribution in [0.25, 0.3) is 0 Å². The Hall–Kier alpha value is -3.11. The minimum Gasteiger partial charge on any atom is -0.493 e. The van der Waals surface area contributed by atoms with Gasteiger partial charge in [0.25, 0.3) is 0 Å². The average molecular weight is 533 g/mol. The molecule has 37 heavy (non-hydrogen) atoms. The molecule has 1 saturated carbocycles. The number of esters is 1. The molecule has 1 fully saturated rings. The summed E-state index contributed by atoms with van der Waals surface area (Å²) >= 11 is 0. The van der Waals surface area contributed by atoms with Gasteiger partial charge in [0.1, 0.15) is 0 Å². The monoisotopic (exact) mass is 532 g/mol. The second kappa shape index (κ2) is 12.0. The van der Waals surface area contributed by atoms with Crippen molar-refractivity contribution in [2.75, 3.05) is 33.2 Å². The van der Waals surface area contributed by atoms with E-state index in [-0.39, 0.29) is 27.9 Å². The van der Waals surface area contributed by atoms with Gasteiger partial charge >= 0.3 is 5.97 Å². The van der Waals surface area contributed by atoms with E-state index < -0.39 is 28.4 Å². The van der Waals surface area contributed by atoms with Crippen molar-refractivity contribution < 1.29 is 32.2 Å². The summed E-state index contributed by atoms with van der Waals surface area (Å²) in [6.45, 7) is 5.08. The number of methoxy groups -OCH3 is 3. The predicted octanol–water partition coefficient (Wildman–Crippen LogP) is 4.38. The van der Waals surface area contributed by atoms with Crippen LogP contribution in [0.1, 0.15) is 59.2 Å². The van der Waals surface area contributed by atoms with Crippen molar-refractivity contribution in [2.45, 2.75) is 63.8 Å². The standard InChI is InChI=1S/C27H36N2O7S/c1-17-12-18(2)26(19(3)13-17)37(32,33)29(20-10-8-7-9-11-20)16-25(30)28-22-15-24(35-5)23(34-4)14-21(22)27(31)36-6/h12-15,20H,7-11,16H2,1-6H3,(H,28,30). The molecule has 0 saturated heterocycles. The molecule has 0 bridgehead atoms. The largest absolute Gasteiger partial charge is 0.493 e. The molecule has 1 N–H and O–H groups in total. The van der Waals surface area contributed by atoms with Gasteiger partial charge in [0.15, 0.2) is 11.5 Å². The molecule has 0 aromatic heterocycles. The molecule has 2 aromatic carbocycles. The third-order valence-electron chi connectivity index (χ3n) is 6.66. The summed E-state index contributed by atoms with van der Waals surface area (Å²) in [7, 11) is 0.111. The Balaban J connectivity index is 2.00. The first-order valence-corrected chi connectivity index (χ1v) is 13.7. The van der Waals surface area contributed by atoms with Crippen LogP contribution in [0.3, 0.4) is 0 Å². The van der Waals surface area contributed by atoms with Gasteiger partial charge in [0.05, 0.1) is 44.0 Å². The molecule has 10 heteroatoms. The number of hydrogen-bond acceptors (Lipinski definition) is 7. The highest BCUT2D eigenvalue weighted by molar-refractivity contribution is 7.89.